The minimum absolute atomic E-state index is 0.0639. The zero-order chi connectivity index (χ0) is 20.7. The van der Waals surface area contributed by atoms with E-state index in [1.807, 2.05) is 0 Å². The molecule has 0 atom stereocenters. The Balaban J connectivity index is 3.43. The number of ether oxygens (including phenoxy) is 2. The molecular formula is C24H42O4. The van der Waals surface area contributed by atoms with Crippen LogP contribution in [0.4, 0.5) is 0 Å². The number of unbranched alkanes of at least 4 members (excludes halogenated alkanes) is 12. The quantitative estimate of drug-likeness (QED) is 0.154. The Kier molecular flexibility index (Phi) is 20.6. The van der Waals surface area contributed by atoms with Crippen molar-refractivity contribution >= 4 is 11.9 Å². The first kappa shape index (κ1) is 26.5. The van der Waals surface area contributed by atoms with Crippen molar-refractivity contribution in [3.63, 3.8) is 0 Å². The minimum atomic E-state index is -0.388. The molecule has 0 aromatic carbocycles. The molecule has 4 heteroatoms. The van der Waals surface area contributed by atoms with Gasteiger partial charge < -0.3 is 9.47 Å². The topological polar surface area (TPSA) is 52.6 Å². The van der Waals surface area contributed by atoms with E-state index in [4.69, 9.17) is 9.47 Å². The van der Waals surface area contributed by atoms with Crippen LogP contribution in [0, 0.1) is 11.8 Å². The summed E-state index contributed by atoms with van der Waals surface area (Å²) in [6.07, 6.45) is 16.9. The number of rotatable bonds is 18. The molecule has 28 heavy (non-hydrogen) atoms. The molecule has 162 valence electrons. The first-order valence-electron chi connectivity index (χ1n) is 11.5. The van der Waals surface area contributed by atoms with E-state index in [9.17, 15) is 9.59 Å². The fourth-order valence-electron chi connectivity index (χ4n) is 2.84. The molecular weight excluding hydrogens is 352 g/mol. The van der Waals surface area contributed by atoms with Gasteiger partial charge in [-0.3, -0.25) is 9.59 Å². The molecule has 0 aliphatic heterocycles. The van der Waals surface area contributed by atoms with Gasteiger partial charge in [-0.2, -0.15) is 0 Å². The predicted octanol–water partition coefficient (Wildman–Crippen LogP) is 6.36. The maximum Gasteiger partial charge on any atom is 0.307 e. The Morgan fingerprint density at radius 3 is 1.71 bits per heavy atom. The molecule has 0 rings (SSSR count). The molecule has 4 nitrogen and oxygen atoms in total. The van der Waals surface area contributed by atoms with Crippen molar-refractivity contribution in [2.24, 2.45) is 0 Å². The highest BCUT2D eigenvalue weighted by atomic mass is 16.5. The first-order chi connectivity index (χ1) is 13.7. The maximum absolute atomic E-state index is 11.6. The first-order valence-corrected chi connectivity index (χ1v) is 11.5. The molecule has 0 amide bonds. The van der Waals surface area contributed by atoms with Crippen molar-refractivity contribution in [1.82, 2.24) is 0 Å². The molecule has 0 spiro atoms. The van der Waals surface area contributed by atoms with Crippen LogP contribution in [0.5, 0.6) is 0 Å². The zero-order valence-electron chi connectivity index (χ0n) is 18.4. The van der Waals surface area contributed by atoms with Crippen molar-refractivity contribution in [2.75, 3.05) is 13.2 Å². The average molecular weight is 395 g/mol. The summed E-state index contributed by atoms with van der Waals surface area (Å²) in [4.78, 5) is 23.1. The third-order valence-corrected chi connectivity index (χ3v) is 4.63. The van der Waals surface area contributed by atoms with E-state index >= 15 is 0 Å². The second kappa shape index (κ2) is 21.8. The Morgan fingerprint density at radius 1 is 0.607 bits per heavy atom. The predicted molar refractivity (Wildman–Crippen MR) is 115 cm³/mol. The van der Waals surface area contributed by atoms with Crippen molar-refractivity contribution in [3.05, 3.63) is 0 Å². The molecule has 0 aromatic rings. The minimum Gasteiger partial charge on any atom is -0.466 e. The van der Waals surface area contributed by atoms with Crippen LogP contribution in [0.1, 0.15) is 117 Å². The van der Waals surface area contributed by atoms with Gasteiger partial charge >= 0.3 is 11.9 Å². The Labute approximate surface area is 173 Å². The van der Waals surface area contributed by atoms with Gasteiger partial charge in [0.05, 0.1) is 19.4 Å². The normalized spacial score (nSPS) is 10.2. The summed E-state index contributed by atoms with van der Waals surface area (Å²) in [5.74, 6) is 5.21. The Morgan fingerprint density at radius 2 is 1.11 bits per heavy atom. The molecule has 0 saturated carbocycles. The summed E-state index contributed by atoms with van der Waals surface area (Å²) < 4.78 is 10.1. The molecule has 0 N–H and O–H groups in total. The fourth-order valence-corrected chi connectivity index (χ4v) is 2.84. The molecule has 0 heterocycles. The number of carbonyl (C=O) groups is 2. The van der Waals surface area contributed by atoms with E-state index in [1.165, 1.54) is 64.2 Å². The van der Waals surface area contributed by atoms with Gasteiger partial charge in [-0.25, -0.2) is 0 Å². The van der Waals surface area contributed by atoms with Gasteiger partial charge in [0, 0.05) is 6.42 Å². The second-order valence-electron chi connectivity index (χ2n) is 7.37. The molecule has 0 bridgehead atoms. The van der Waals surface area contributed by atoms with Crippen LogP contribution >= 0.6 is 0 Å². The lowest BCUT2D eigenvalue weighted by Crippen LogP contribution is -2.11. The third-order valence-electron chi connectivity index (χ3n) is 4.63. The third kappa shape index (κ3) is 20.8. The average Bonchev–Trinajstić information content (AvgIpc) is 2.69. The lowest BCUT2D eigenvalue weighted by atomic mass is 10.1. The molecule has 0 aliphatic rings. The van der Waals surface area contributed by atoms with E-state index in [0.29, 0.717) is 6.61 Å². The lowest BCUT2D eigenvalue weighted by molar-refractivity contribution is -0.149. The van der Waals surface area contributed by atoms with Gasteiger partial charge in [0.2, 0.25) is 0 Å². The lowest BCUT2D eigenvalue weighted by Gasteiger charge is -2.04. The number of hydrogen-bond donors (Lipinski definition) is 0. The van der Waals surface area contributed by atoms with Crippen molar-refractivity contribution in [2.45, 2.75) is 117 Å². The Hall–Kier alpha value is -1.50. The summed E-state index contributed by atoms with van der Waals surface area (Å²) in [7, 11) is 0. The van der Waals surface area contributed by atoms with Crippen LogP contribution in [0.2, 0.25) is 0 Å². The van der Waals surface area contributed by atoms with Crippen LogP contribution in [-0.4, -0.2) is 25.2 Å². The number of hydrogen-bond acceptors (Lipinski definition) is 4. The van der Waals surface area contributed by atoms with E-state index in [1.54, 1.807) is 0 Å². The van der Waals surface area contributed by atoms with E-state index in [-0.39, 0.29) is 31.4 Å². The van der Waals surface area contributed by atoms with Crippen LogP contribution < -0.4 is 0 Å². The second-order valence-corrected chi connectivity index (χ2v) is 7.37. The van der Waals surface area contributed by atoms with Crippen LogP contribution in [0.15, 0.2) is 0 Å². The van der Waals surface area contributed by atoms with Gasteiger partial charge in [0.15, 0.2) is 6.61 Å². The van der Waals surface area contributed by atoms with E-state index in [2.05, 4.69) is 25.7 Å². The standard InChI is InChI=1S/C24H42O4/c1-3-5-7-9-10-11-12-13-14-16-18-22-28-24(26)20-19-23(25)27-21-17-15-8-6-4-2/h3-15,17,19-22H2,1-2H3. The van der Waals surface area contributed by atoms with Gasteiger partial charge in [0.25, 0.3) is 0 Å². The summed E-state index contributed by atoms with van der Waals surface area (Å²) in [6.45, 7) is 4.97. The largest absolute Gasteiger partial charge is 0.466 e. The molecule has 0 unspecified atom stereocenters. The zero-order valence-corrected chi connectivity index (χ0v) is 18.4. The molecule has 0 saturated heterocycles. The van der Waals surface area contributed by atoms with Gasteiger partial charge in [-0.1, -0.05) is 96.3 Å². The highest BCUT2D eigenvalue weighted by Gasteiger charge is 2.08. The molecule has 0 fully saturated rings. The SMILES string of the molecule is CCCCCCCCCCC#CCOC(=O)CCC(=O)OCCCCCCC. The number of esters is 2. The van der Waals surface area contributed by atoms with E-state index in [0.717, 1.165) is 25.7 Å². The van der Waals surface area contributed by atoms with Crippen LogP contribution in [0.25, 0.3) is 0 Å². The summed E-state index contributed by atoms with van der Waals surface area (Å²) in [5.41, 5.74) is 0. The number of carbonyl (C=O) groups excluding carboxylic acids is 2. The Bertz CT molecular complexity index is 434. The van der Waals surface area contributed by atoms with Crippen LogP contribution in [0.3, 0.4) is 0 Å². The molecule has 0 aromatic heterocycles. The van der Waals surface area contributed by atoms with Gasteiger partial charge in [-0.15, -0.1) is 0 Å². The fraction of sp³-hybridized carbons (Fsp3) is 0.833. The smallest absolute Gasteiger partial charge is 0.307 e. The molecule has 0 radical (unpaired) electrons. The summed E-state index contributed by atoms with van der Waals surface area (Å²) in [6, 6.07) is 0. The van der Waals surface area contributed by atoms with Crippen molar-refractivity contribution in [1.29, 1.82) is 0 Å². The van der Waals surface area contributed by atoms with Gasteiger partial charge in [-0.05, 0) is 12.8 Å². The highest BCUT2D eigenvalue weighted by molar-refractivity contribution is 5.77. The summed E-state index contributed by atoms with van der Waals surface area (Å²) >= 11 is 0. The monoisotopic (exact) mass is 394 g/mol. The van der Waals surface area contributed by atoms with E-state index < -0.39 is 0 Å². The van der Waals surface area contributed by atoms with Crippen molar-refractivity contribution < 1.29 is 19.1 Å². The van der Waals surface area contributed by atoms with Gasteiger partial charge in [0.1, 0.15) is 0 Å². The highest BCUT2D eigenvalue weighted by Crippen LogP contribution is 2.09. The molecule has 0 aliphatic carbocycles. The van der Waals surface area contributed by atoms with Crippen LogP contribution in [-0.2, 0) is 19.1 Å². The van der Waals surface area contributed by atoms with Crippen molar-refractivity contribution in [3.8, 4) is 11.8 Å². The summed E-state index contributed by atoms with van der Waals surface area (Å²) in [5, 5.41) is 0. The maximum atomic E-state index is 11.6.